The molecule has 110 valence electrons. The van der Waals surface area contributed by atoms with Gasteiger partial charge < -0.3 is 11.1 Å². The number of aromatic nitrogens is 1. The summed E-state index contributed by atoms with van der Waals surface area (Å²) >= 11 is 0. The van der Waals surface area contributed by atoms with E-state index in [1.54, 1.807) is 6.20 Å². The first-order chi connectivity index (χ1) is 10.3. The summed E-state index contributed by atoms with van der Waals surface area (Å²) in [5.74, 6) is -0.378. The number of aryl methyl sites for hydroxylation is 1. The van der Waals surface area contributed by atoms with Crippen molar-refractivity contribution in [3.05, 3.63) is 65.5 Å². The molecule has 0 fully saturated rings. The standard InChI is InChI=1S/C17H21N3O/c1-2-13-9-6-10-19-16(13)12-20-17(21)15(11-18)14-7-4-3-5-8-14/h3-10,15H,2,11-12,18H2,1H3,(H,20,21). The molecule has 4 heteroatoms. The number of hydrogen-bond acceptors (Lipinski definition) is 3. The molecule has 1 atom stereocenters. The molecule has 1 aromatic heterocycles. The van der Waals surface area contributed by atoms with Gasteiger partial charge in [0.25, 0.3) is 0 Å². The van der Waals surface area contributed by atoms with Crippen LogP contribution in [0.25, 0.3) is 0 Å². The number of amides is 1. The van der Waals surface area contributed by atoms with Crippen molar-refractivity contribution in [2.75, 3.05) is 6.54 Å². The molecule has 2 rings (SSSR count). The van der Waals surface area contributed by atoms with Gasteiger partial charge in [0.05, 0.1) is 18.2 Å². The second kappa shape index (κ2) is 7.55. The van der Waals surface area contributed by atoms with Gasteiger partial charge in [0.15, 0.2) is 0 Å². The van der Waals surface area contributed by atoms with Crippen LogP contribution in [0.15, 0.2) is 48.7 Å². The van der Waals surface area contributed by atoms with E-state index in [-0.39, 0.29) is 11.8 Å². The van der Waals surface area contributed by atoms with Crippen LogP contribution >= 0.6 is 0 Å². The lowest BCUT2D eigenvalue weighted by molar-refractivity contribution is -0.122. The van der Waals surface area contributed by atoms with Crippen LogP contribution in [0.3, 0.4) is 0 Å². The van der Waals surface area contributed by atoms with E-state index in [0.717, 1.165) is 23.2 Å². The Bertz CT molecular complexity index is 584. The average Bonchev–Trinajstić information content (AvgIpc) is 2.55. The van der Waals surface area contributed by atoms with Gasteiger partial charge in [0, 0.05) is 12.7 Å². The zero-order valence-corrected chi connectivity index (χ0v) is 12.3. The van der Waals surface area contributed by atoms with Crippen LogP contribution in [0, 0.1) is 0 Å². The summed E-state index contributed by atoms with van der Waals surface area (Å²) in [7, 11) is 0. The maximum atomic E-state index is 12.3. The molecule has 0 aliphatic rings. The van der Waals surface area contributed by atoms with Crippen molar-refractivity contribution in [3.8, 4) is 0 Å². The maximum absolute atomic E-state index is 12.3. The Morgan fingerprint density at radius 1 is 1.24 bits per heavy atom. The van der Waals surface area contributed by atoms with E-state index in [4.69, 9.17) is 5.73 Å². The van der Waals surface area contributed by atoms with Gasteiger partial charge in [-0.1, -0.05) is 43.3 Å². The van der Waals surface area contributed by atoms with E-state index in [1.807, 2.05) is 42.5 Å². The van der Waals surface area contributed by atoms with Gasteiger partial charge in [-0.05, 0) is 23.6 Å². The van der Waals surface area contributed by atoms with Crippen molar-refractivity contribution in [1.82, 2.24) is 10.3 Å². The predicted molar refractivity (Wildman–Crippen MR) is 83.7 cm³/mol. The molecule has 0 saturated carbocycles. The number of pyridine rings is 1. The highest BCUT2D eigenvalue weighted by atomic mass is 16.1. The summed E-state index contributed by atoms with van der Waals surface area (Å²) in [5.41, 5.74) is 8.76. The lowest BCUT2D eigenvalue weighted by Crippen LogP contribution is -2.33. The van der Waals surface area contributed by atoms with E-state index < -0.39 is 0 Å². The molecule has 0 bridgehead atoms. The Hall–Kier alpha value is -2.20. The minimum Gasteiger partial charge on any atom is -0.350 e. The molecule has 21 heavy (non-hydrogen) atoms. The van der Waals surface area contributed by atoms with Gasteiger partial charge in [-0.2, -0.15) is 0 Å². The maximum Gasteiger partial charge on any atom is 0.229 e. The smallest absolute Gasteiger partial charge is 0.229 e. The first-order valence-corrected chi connectivity index (χ1v) is 7.21. The van der Waals surface area contributed by atoms with Gasteiger partial charge in [-0.25, -0.2) is 0 Å². The number of hydrogen-bond donors (Lipinski definition) is 2. The van der Waals surface area contributed by atoms with Crippen LogP contribution in [0.5, 0.6) is 0 Å². The molecular formula is C17H21N3O. The molecule has 0 aliphatic carbocycles. The third-order valence-corrected chi connectivity index (χ3v) is 3.55. The topological polar surface area (TPSA) is 68.0 Å². The quantitative estimate of drug-likeness (QED) is 0.852. The van der Waals surface area contributed by atoms with Gasteiger partial charge in [0.1, 0.15) is 0 Å². The summed E-state index contributed by atoms with van der Waals surface area (Å²) in [4.78, 5) is 16.7. The van der Waals surface area contributed by atoms with Gasteiger partial charge in [-0.15, -0.1) is 0 Å². The Balaban J connectivity index is 2.03. The van der Waals surface area contributed by atoms with Gasteiger partial charge in [0.2, 0.25) is 5.91 Å². The Labute approximate surface area is 125 Å². The summed E-state index contributed by atoms with van der Waals surface area (Å²) in [6.07, 6.45) is 2.65. The Kier molecular flexibility index (Phi) is 5.46. The third kappa shape index (κ3) is 3.89. The first-order valence-electron chi connectivity index (χ1n) is 7.21. The third-order valence-electron chi connectivity index (χ3n) is 3.55. The summed E-state index contributed by atoms with van der Waals surface area (Å²) in [6, 6.07) is 13.6. The van der Waals surface area contributed by atoms with Crippen molar-refractivity contribution in [2.45, 2.75) is 25.8 Å². The zero-order chi connectivity index (χ0) is 15.1. The molecule has 1 amide bonds. The Morgan fingerprint density at radius 3 is 2.67 bits per heavy atom. The molecular weight excluding hydrogens is 262 g/mol. The monoisotopic (exact) mass is 283 g/mol. The zero-order valence-electron chi connectivity index (χ0n) is 12.3. The molecule has 0 spiro atoms. The summed E-state index contributed by atoms with van der Waals surface area (Å²) in [6.45, 7) is 2.81. The van der Waals surface area contributed by atoms with Crippen LogP contribution in [-0.2, 0) is 17.8 Å². The van der Waals surface area contributed by atoms with E-state index >= 15 is 0 Å². The fourth-order valence-electron chi connectivity index (χ4n) is 2.33. The highest BCUT2D eigenvalue weighted by Crippen LogP contribution is 2.14. The van der Waals surface area contributed by atoms with Gasteiger partial charge >= 0.3 is 0 Å². The molecule has 2 aromatic rings. The average molecular weight is 283 g/mol. The van der Waals surface area contributed by atoms with E-state index in [1.165, 1.54) is 0 Å². The number of nitrogens with zero attached hydrogens (tertiary/aromatic N) is 1. The second-order valence-corrected chi connectivity index (χ2v) is 4.88. The minimum atomic E-state index is -0.319. The molecule has 3 N–H and O–H groups in total. The van der Waals surface area contributed by atoms with Crippen molar-refractivity contribution >= 4 is 5.91 Å². The lowest BCUT2D eigenvalue weighted by atomic mass is 9.98. The number of benzene rings is 1. The Morgan fingerprint density at radius 2 is 2.00 bits per heavy atom. The van der Waals surface area contributed by atoms with E-state index in [0.29, 0.717) is 13.1 Å². The summed E-state index contributed by atoms with van der Waals surface area (Å²) in [5, 5.41) is 2.94. The molecule has 0 radical (unpaired) electrons. The van der Waals surface area contributed by atoms with Crippen molar-refractivity contribution < 1.29 is 4.79 Å². The predicted octanol–water partition coefficient (Wildman–Crippen LogP) is 2.00. The highest BCUT2D eigenvalue weighted by molar-refractivity contribution is 5.83. The number of carbonyl (C=O) groups excluding carboxylic acids is 1. The van der Waals surface area contributed by atoms with Crippen LogP contribution in [0.2, 0.25) is 0 Å². The number of nitrogens with two attached hydrogens (primary N) is 1. The molecule has 1 aromatic carbocycles. The number of nitrogens with one attached hydrogen (secondary N) is 1. The highest BCUT2D eigenvalue weighted by Gasteiger charge is 2.18. The number of rotatable bonds is 6. The van der Waals surface area contributed by atoms with Crippen LogP contribution in [0.4, 0.5) is 0 Å². The first kappa shape index (κ1) is 15.2. The lowest BCUT2D eigenvalue weighted by Gasteiger charge is -2.15. The largest absolute Gasteiger partial charge is 0.350 e. The fourth-order valence-corrected chi connectivity index (χ4v) is 2.33. The van der Waals surface area contributed by atoms with Crippen molar-refractivity contribution in [2.24, 2.45) is 5.73 Å². The molecule has 1 heterocycles. The fraction of sp³-hybridized carbons (Fsp3) is 0.294. The SMILES string of the molecule is CCc1cccnc1CNC(=O)C(CN)c1ccccc1. The van der Waals surface area contributed by atoms with E-state index in [9.17, 15) is 4.79 Å². The van der Waals surface area contributed by atoms with Crippen LogP contribution in [0.1, 0.15) is 29.7 Å². The normalized spacial score (nSPS) is 11.9. The van der Waals surface area contributed by atoms with Crippen LogP contribution in [-0.4, -0.2) is 17.4 Å². The molecule has 4 nitrogen and oxygen atoms in total. The molecule has 1 unspecified atom stereocenters. The van der Waals surface area contributed by atoms with Gasteiger partial charge in [-0.3, -0.25) is 9.78 Å². The van der Waals surface area contributed by atoms with E-state index in [2.05, 4.69) is 17.2 Å². The second-order valence-electron chi connectivity index (χ2n) is 4.88. The van der Waals surface area contributed by atoms with Crippen molar-refractivity contribution in [1.29, 1.82) is 0 Å². The molecule has 0 aliphatic heterocycles. The van der Waals surface area contributed by atoms with Crippen molar-refractivity contribution in [3.63, 3.8) is 0 Å². The molecule has 0 saturated heterocycles. The van der Waals surface area contributed by atoms with Crippen LogP contribution < -0.4 is 11.1 Å². The summed E-state index contributed by atoms with van der Waals surface area (Å²) < 4.78 is 0. The minimum absolute atomic E-state index is 0.0589. The number of carbonyl (C=O) groups is 1.